The fourth-order valence-electron chi connectivity index (χ4n) is 9.23. The first-order valence-corrected chi connectivity index (χ1v) is 16.0. The van der Waals surface area contributed by atoms with Crippen molar-refractivity contribution >= 4 is 29.3 Å². The Bertz CT molecular complexity index is 1530. The minimum absolute atomic E-state index is 0.0120. The summed E-state index contributed by atoms with van der Waals surface area (Å²) in [4.78, 5) is 58.2. The molecule has 3 heterocycles. The molecular formula is C33H38F3N5O4. The van der Waals surface area contributed by atoms with E-state index in [9.17, 15) is 28.8 Å². The number of nitrogens with one attached hydrogen (secondary N) is 2. The summed E-state index contributed by atoms with van der Waals surface area (Å²) < 4.78 is 45.0. The Kier molecular flexibility index (Phi) is 6.64. The van der Waals surface area contributed by atoms with Crippen molar-refractivity contribution in [3.05, 3.63) is 29.6 Å². The first kappa shape index (κ1) is 30.1. The highest BCUT2D eigenvalue weighted by molar-refractivity contribution is 6.07. The van der Waals surface area contributed by atoms with Crippen LogP contribution in [0.1, 0.15) is 64.9 Å². The van der Waals surface area contributed by atoms with E-state index in [1.807, 2.05) is 0 Å². The van der Waals surface area contributed by atoms with E-state index < -0.39 is 82.1 Å². The molecule has 45 heavy (non-hydrogen) atoms. The van der Waals surface area contributed by atoms with Crippen LogP contribution in [-0.2, 0) is 24.6 Å². The number of nitrogens with zero attached hydrogens (tertiary/aromatic N) is 3. The molecule has 1 spiro atoms. The standard InChI is InChI=1S/C33H38F3N5O4/c1-31(2,3)26(39-30(45)33(36)8-5-9-33)28(43)40-14-19-16-10-18(22(35)11-16)23(19)25(40)27(42)41-15-32(12-17(41)13-37)20-6-4-7-21(34)24(20)38-29(32)44/h4,6-7,16-19,22-23,25-26H,5,8-12,14-15H2,1-3H3,(H,38,44)(H,39,45). The maximum absolute atomic E-state index is 15.3. The molecule has 0 aromatic heterocycles. The number of benzene rings is 1. The number of hydrogen-bond donors (Lipinski definition) is 2. The van der Waals surface area contributed by atoms with Crippen LogP contribution in [-0.4, -0.2) is 76.5 Å². The number of para-hydroxylation sites is 1. The monoisotopic (exact) mass is 625 g/mol. The van der Waals surface area contributed by atoms with Crippen molar-refractivity contribution < 1.29 is 32.3 Å². The van der Waals surface area contributed by atoms with Crippen LogP contribution in [0.4, 0.5) is 18.9 Å². The molecule has 6 aliphatic rings. The smallest absolute Gasteiger partial charge is 0.258 e. The number of anilines is 1. The number of halogens is 3. The Morgan fingerprint density at radius 3 is 2.53 bits per heavy atom. The van der Waals surface area contributed by atoms with Crippen LogP contribution in [0.25, 0.3) is 0 Å². The molecule has 2 N–H and O–H groups in total. The maximum atomic E-state index is 15.3. The Balaban J connectivity index is 1.24. The Morgan fingerprint density at radius 1 is 1.16 bits per heavy atom. The third kappa shape index (κ3) is 4.24. The van der Waals surface area contributed by atoms with Crippen LogP contribution in [0.15, 0.2) is 18.2 Å². The zero-order valence-corrected chi connectivity index (χ0v) is 25.6. The fourth-order valence-corrected chi connectivity index (χ4v) is 9.23. The summed E-state index contributed by atoms with van der Waals surface area (Å²) in [5.74, 6) is -4.17. The summed E-state index contributed by atoms with van der Waals surface area (Å²) in [6.07, 6.45) is 0.506. The van der Waals surface area contributed by atoms with E-state index in [2.05, 4.69) is 16.7 Å². The van der Waals surface area contributed by atoms with Gasteiger partial charge in [-0.1, -0.05) is 32.9 Å². The van der Waals surface area contributed by atoms with Gasteiger partial charge in [0.05, 0.1) is 17.2 Å². The minimum Gasteiger partial charge on any atom is -0.341 e. The van der Waals surface area contributed by atoms with Gasteiger partial charge in [0.25, 0.3) is 5.91 Å². The van der Waals surface area contributed by atoms with Crippen LogP contribution < -0.4 is 10.6 Å². The van der Waals surface area contributed by atoms with Crippen LogP contribution in [0.3, 0.4) is 0 Å². The lowest BCUT2D eigenvalue weighted by molar-refractivity contribution is -0.151. The van der Waals surface area contributed by atoms with Gasteiger partial charge in [0.1, 0.15) is 30.1 Å². The SMILES string of the molecule is CC(C)(C)C(NC(=O)C1(F)CCC1)C(=O)N1CC2C3CC(F)C(C3)C2C1C(=O)N1CC2(CC1C#N)C(=O)Nc1c(F)cccc12. The van der Waals surface area contributed by atoms with Gasteiger partial charge in [0.2, 0.25) is 17.7 Å². The quantitative estimate of drug-likeness (QED) is 0.532. The van der Waals surface area contributed by atoms with Gasteiger partial charge < -0.3 is 20.4 Å². The number of amides is 4. The predicted octanol–water partition coefficient (Wildman–Crippen LogP) is 3.38. The second kappa shape index (κ2) is 9.94. The van der Waals surface area contributed by atoms with Gasteiger partial charge in [-0.05, 0) is 72.8 Å². The van der Waals surface area contributed by atoms with Crippen LogP contribution in [0.5, 0.6) is 0 Å². The first-order valence-electron chi connectivity index (χ1n) is 16.0. The summed E-state index contributed by atoms with van der Waals surface area (Å²) in [6, 6.07) is 3.13. The van der Waals surface area contributed by atoms with Gasteiger partial charge in [-0.15, -0.1) is 0 Å². The zero-order valence-electron chi connectivity index (χ0n) is 25.6. The molecular weight excluding hydrogens is 587 g/mol. The maximum Gasteiger partial charge on any atom is 0.258 e. The van der Waals surface area contributed by atoms with Crippen LogP contribution in [0, 0.1) is 46.2 Å². The average Bonchev–Trinajstić information content (AvgIpc) is 3.76. The van der Waals surface area contributed by atoms with Crippen molar-refractivity contribution in [2.75, 3.05) is 18.4 Å². The summed E-state index contributed by atoms with van der Waals surface area (Å²) in [7, 11) is 0. The molecule has 0 radical (unpaired) electrons. The lowest BCUT2D eigenvalue weighted by atomic mass is 9.77. The molecule has 240 valence electrons. The molecule has 1 aromatic carbocycles. The highest BCUT2D eigenvalue weighted by atomic mass is 19.1. The second-order valence-corrected chi connectivity index (χ2v) is 15.2. The van der Waals surface area contributed by atoms with Crippen molar-refractivity contribution in [1.29, 1.82) is 5.26 Å². The number of carbonyl (C=O) groups is 4. The van der Waals surface area contributed by atoms with E-state index in [0.717, 1.165) is 0 Å². The number of likely N-dealkylation sites (tertiary alicyclic amines) is 2. The van der Waals surface area contributed by atoms with E-state index in [0.29, 0.717) is 24.8 Å². The number of fused-ring (bicyclic) bond motifs is 7. The molecule has 2 saturated heterocycles. The molecule has 3 saturated carbocycles. The molecule has 5 fully saturated rings. The molecule has 3 aliphatic carbocycles. The molecule has 9 unspecified atom stereocenters. The number of nitriles is 1. The normalized spacial score (nSPS) is 36.3. The van der Waals surface area contributed by atoms with Gasteiger partial charge in [-0.25, -0.2) is 13.2 Å². The lowest BCUT2D eigenvalue weighted by Crippen LogP contribution is -2.62. The molecule has 9 nitrogen and oxygen atoms in total. The van der Waals surface area contributed by atoms with E-state index in [-0.39, 0.29) is 49.9 Å². The van der Waals surface area contributed by atoms with E-state index in [1.54, 1.807) is 26.8 Å². The number of carbonyl (C=O) groups excluding carboxylic acids is 4. The first-order chi connectivity index (χ1) is 21.2. The Hall–Kier alpha value is -3.62. The Labute approximate surface area is 259 Å². The number of rotatable bonds is 4. The zero-order chi connectivity index (χ0) is 32.2. The summed E-state index contributed by atoms with van der Waals surface area (Å²) in [5, 5.41) is 15.4. The molecule has 9 atom stereocenters. The summed E-state index contributed by atoms with van der Waals surface area (Å²) >= 11 is 0. The molecule has 1 aromatic rings. The van der Waals surface area contributed by atoms with Gasteiger partial charge in [0, 0.05) is 19.5 Å². The van der Waals surface area contributed by atoms with E-state index in [4.69, 9.17) is 0 Å². The van der Waals surface area contributed by atoms with Gasteiger partial charge in [-0.3, -0.25) is 19.2 Å². The molecule has 7 rings (SSSR count). The van der Waals surface area contributed by atoms with Crippen molar-refractivity contribution in [2.45, 2.75) is 94.7 Å². The molecule has 2 bridgehead atoms. The molecule has 3 aliphatic heterocycles. The average molecular weight is 626 g/mol. The van der Waals surface area contributed by atoms with Crippen LogP contribution in [0.2, 0.25) is 0 Å². The highest BCUT2D eigenvalue weighted by Gasteiger charge is 2.65. The van der Waals surface area contributed by atoms with E-state index in [1.165, 1.54) is 21.9 Å². The topological polar surface area (TPSA) is 123 Å². The summed E-state index contributed by atoms with van der Waals surface area (Å²) in [6.45, 7) is 5.24. The fraction of sp³-hybridized carbons (Fsp3) is 0.667. The predicted molar refractivity (Wildman–Crippen MR) is 155 cm³/mol. The van der Waals surface area contributed by atoms with Crippen molar-refractivity contribution in [2.24, 2.45) is 29.1 Å². The third-order valence-electron chi connectivity index (χ3n) is 11.7. The van der Waals surface area contributed by atoms with E-state index >= 15 is 8.78 Å². The van der Waals surface area contributed by atoms with Crippen molar-refractivity contribution in [1.82, 2.24) is 15.1 Å². The van der Waals surface area contributed by atoms with Crippen molar-refractivity contribution in [3.8, 4) is 6.07 Å². The van der Waals surface area contributed by atoms with Gasteiger partial charge in [-0.2, -0.15) is 5.26 Å². The largest absolute Gasteiger partial charge is 0.341 e. The second-order valence-electron chi connectivity index (χ2n) is 15.2. The molecule has 12 heteroatoms. The van der Waals surface area contributed by atoms with Crippen LogP contribution >= 0.6 is 0 Å². The number of hydrogen-bond acceptors (Lipinski definition) is 5. The van der Waals surface area contributed by atoms with Gasteiger partial charge in [0.15, 0.2) is 5.67 Å². The Morgan fingerprint density at radius 2 is 1.89 bits per heavy atom. The third-order valence-corrected chi connectivity index (χ3v) is 11.7. The van der Waals surface area contributed by atoms with Gasteiger partial charge >= 0.3 is 0 Å². The lowest BCUT2D eigenvalue weighted by Gasteiger charge is -2.40. The van der Waals surface area contributed by atoms with Crippen molar-refractivity contribution in [3.63, 3.8) is 0 Å². The molecule has 4 amide bonds. The highest BCUT2D eigenvalue weighted by Crippen LogP contribution is 2.59. The number of alkyl halides is 2. The summed E-state index contributed by atoms with van der Waals surface area (Å²) in [5.41, 5.74) is -3.83. The minimum atomic E-state index is -2.04.